The van der Waals surface area contributed by atoms with Gasteiger partial charge in [-0.05, 0) is 12.0 Å². The lowest BCUT2D eigenvalue weighted by Crippen LogP contribution is -2.46. The highest BCUT2D eigenvalue weighted by Gasteiger charge is 2.57. The predicted molar refractivity (Wildman–Crippen MR) is 46.2 cm³/mol. The molecule has 1 saturated carbocycles. The molecule has 0 heterocycles. The van der Waals surface area contributed by atoms with Gasteiger partial charge < -0.3 is 19.8 Å². The second-order valence-corrected chi connectivity index (χ2v) is 3.71. The van der Waals surface area contributed by atoms with Gasteiger partial charge in [-0.25, -0.2) is 0 Å². The third-order valence-electron chi connectivity index (χ3n) is 2.89. The van der Waals surface area contributed by atoms with Crippen LogP contribution in [0.5, 0.6) is 0 Å². The van der Waals surface area contributed by atoms with Crippen LogP contribution in [0.2, 0.25) is 0 Å². The van der Waals surface area contributed by atoms with Gasteiger partial charge in [0.1, 0.15) is 0 Å². The molecule has 0 radical (unpaired) electrons. The van der Waals surface area contributed by atoms with Crippen LogP contribution in [0.15, 0.2) is 30.3 Å². The molecular weight excluding hydrogens is 196 g/mol. The van der Waals surface area contributed by atoms with Gasteiger partial charge in [0.15, 0.2) is 0 Å². The van der Waals surface area contributed by atoms with E-state index < -0.39 is 23.3 Å². The normalized spacial score (nSPS) is 22.0. The zero-order valence-corrected chi connectivity index (χ0v) is 7.80. The Bertz CT molecular complexity index is 396. The van der Waals surface area contributed by atoms with Crippen LogP contribution >= 0.6 is 0 Å². The van der Waals surface area contributed by atoms with Crippen LogP contribution in [0, 0.1) is 5.41 Å². The first-order valence-corrected chi connectivity index (χ1v) is 4.57. The van der Waals surface area contributed by atoms with Crippen molar-refractivity contribution in [3.8, 4) is 0 Å². The summed E-state index contributed by atoms with van der Waals surface area (Å²) in [7, 11) is 0. The fourth-order valence-corrected chi connectivity index (χ4v) is 1.89. The van der Waals surface area contributed by atoms with Crippen LogP contribution in [0.4, 0.5) is 0 Å². The number of hydrogen-bond acceptors (Lipinski definition) is 4. The Labute approximate surface area is 86.2 Å². The molecule has 0 bridgehead atoms. The molecule has 0 aliphatic heterocycles. The number of aliphatic carboxylic acids is 2. The summed E-state index contributed by atoms with van der Waals surface area (Å²) in [5.74, 6) is -3.64. The van der Waals surface area contributed by atoms with E-state index in [1.54, 1.807) is 30.3 Å². The highest BCUT2D eigenvalue weighted by molar-refractivity contribution is 6.01. The van der Waals surface area contributed by atoms with Crippen LogP contribution in [-0.4, -0.2) is 11.9 Å². The smallest absolute Gasteiger partial charge is 0.0569 e. The van der Waals surface area contributed by atoms with Gasteiger partial charge in [0.2, 0.25) is 0 Å². The number of carboxylic acids is 2. The summed E-state index contributed by atoms with van der Waals surface area (Å²) in [4.78, 5) is 21.6. The zero-order valence-electron chi connectivity index (χ0n) is 7.80. The van der Waals surface area contributed by atoms with Gasteiger partial charge in [-0.1, -0.05) is 30.3 Å². The molecule has 4 heteroatoms. The van der Waals surface area contributed by atoms with E-state index in [0.717, 1.165) is 0 Å². The van der Waals surface area contributed by atoms with Crippen molar-refractivity contribution < 1.29 is 19.8 Å². The standard InChI is InChI=1S/C11H10O4/c12-9(13)11(10(14)15)6-8(11)7-4-2-1-3-5-7/h1-5,8H,6H2,(H,12,13)(H,14,15)/p-2/t8-/m0/s1. The number of rotatable bonds is 3. The maximum Gasteiger partial charge on any atom is 0.0569 e. The molecule has 0 N–H and O–H groups in total. The maximum atomic E-state index is 10.8. The first-order chi connectivity index (χ1) is 7.09. The summed E-state index contributed by atoms with van der Waals surface area (Å²) in [5, 5.41) is 21.6. The lowest BCUT2D eigenvalue weighted by atomic mass is 9.99. The molecule has 1 aromatic carbocycles. The molecule has 2 rings (SSSR count). The molecule has 4 nitrogen and oxygen atoms in total. The van der Waals surface area contributed by atoms with E-state index in [9.17, 15) is 19.8 Å². The molecule has 0 saturated heterocycles. The van der Waals surface area contributed by atoms with E-state index in [0.29, 0.717) is 5.56 Å². The summed E-state index contributed by atoms with van der Waals surface area (Å²) in [6.45, 7) is 0. The van der Waals surface area contributed by atoms with Gasteiger partial charge in [-0.15, -0.1) is 0 Å². The SMILES string of the molecule is O=C([O-])C1(C(=O)[O-])C[C@H]1c1ccccc1. The van der Waals surface area contributed by atoms with E-state index in [1.807, 2.05) is 0 Å². The van der Waals surface area contributed by atoms with Crippen molar-refractivity contribution in [2.45, 2.75) is 12.3 Å². The number of hydrogen-bond donors (Lipinski definition) is 0. The lowest BCUT2D eigenvalue weighted by Gasteiger charge is -2.19. The van der Waals surface area contributed by atoms with Crippen molar-refractivity contribution >= 4 is 11.9 Å². The molecule has 0 aromatic heterocycles. The lowest BCUT2D eigenvalue weighted by molar-refractivity contribution is -0.335. The number of carboxylic acid groups (broad SMARTS) is 2. The fourth-order valence-electron chi connectivity index (χ4n) is 1.89. The van der Waals surface area contributed by atoms with E-state index >= 15 is 0 Å². The Balaban J connectivity index is 2.31. The molecule has 1 aliphatic rings. The van der Waals surface area contributed by atoms with Crippen LogP contribution in [0.25, 0.3) is 0 Å². The average Bonchev–Trinajstić information content (AvgIpc) is 2.95. The predicted octanol–water partition coefficient (Wildman–Crippen LogP) is -1.34. The number of benzene rings is 1. The maximum absolute atomic E-state index is 10.8. The Hall–Kier alpha value is -1.84. The third-order valence-corrected chi connectivity index (χ3v) is 2.89. The largest absolute Gasteiger partial charge is 0.549 e. The van der Waals surface area contributed by atoms with Crippen LogP contribution in [-0.2, 0) is 9.59 Å². The Morgan fingerprint density at radius 1 is 1.13 bits per heavy atom. The Morgan fingerprint density at radius 3 is 2.07 bits per heavy atom. The minimum atomic E-state index is -1.82. The Kier molecular flexibility index (Phi) is 2.00. The van der Waals surface area contributed by atoms with Crippen LogP contribution in [0.3, 0.4) is 0 Å². The molecular formula is C11H8O4-2. The van der Waals surface area contributed by atoms with Crippen molar-refractivity contribution in [1.29, 1.82) is 0 Å². The topological polar surface area (TPSA) is 80.3 Å². The molecule has 1 aromatic rings. The van der Waals surface area contributed by atoms with E-state index in [4.69, 9.17) is 0 Å². The summed E-state index contributed by atoms with van der Waals surface area (Å²) in [6.07, 6.45) is 0.0572. The van der Waals surface area contributed by atoms with E-state index in [1.165, 1.54) is 0 Å². The van der Waals surface area contributed by atoms with Gasteiger partial charge in [-0.3, -0.25) is 0 Å². The van der Waals surface area contributed by atoms with Gasteiger partial charge >= 0.3 is 0 Å². The van der Waals surface area contributed by atoms with Gasteiger partial charge in [0.05, 0.1) is 17.4 Å². The molecule has 1 aliphatic carbocycles. The van der Waals surface area contributed by atoms with Gasteiger partial charge in [0, 0.05) is 5.92 Å². The van der Waals surface area contributed by atoms with Gasteiger partial charge in [-0.2, -0.15) is 0 Å². The second kappa shape index (κ2) is 3.08. The zero-order chi connectivity index (χ0) is 11.1. The molecule has 15 heavy (non-hydrogen) atoms. The molecule has 0 unspecified atom stereocenters. The van der Waals surface area contributed by atoms with Crippen molar-refractivity contribution in [1.82, 2.24) is 0 Å². The average molecular weight is 204 g/mol. The van der Waals surface area contributed by atoms with Crippen LogP contribution in [0.1, 0.15) is 17.9 Å². The first kappa shape index (κ1) is 9.71. The van der Waals surface area contributed by atoms with E-state index in [-0.39, 0.29) is 6.42 Å². The molecule has 1 atom stereocenters. The first-order valence-electron chi connectivity index (χ1n) is 4.57. The number of carbonyl (C=O) groups excluding carboxylic acids is 2. The molecule has 0 amide bonds. The number of carbonyl (C=O) groups is 2. The second-order valence-electron chi connectivity index (χ2n) is 3.71. The molecule has 1 fully saturated rings. The Morgan fingerprint density at radius 2 is 1.67 bits per heavy atom. The van der Waals surface area contributed by atoms with Crippen LogP contribution < -0.4 is 10.2 Å². The van der Waals surface area contributed by atoms with Crippen molar-refractivity contribution in [2.24, 2.45) is 5.41 Å². The van der Waals surface area contributed by atoms with Crippen molar-refractivity contribution in [3.63, 3.8) is 0 Å². The van der Waals surface area contributed by atoms with E-state index in [2.05, 4.69) is 0 Å². The van der Waals surface area contributed by atoms with Gasteiger partial charge in [0.25, 0.3) is 0 Å². The highest BCUT2D eigenvalue weighted by atomic mass is 16.4. The molecule has 78 valence electrons. The summed E-state index contributed by atoms with van der Waals surface area (Å²) in [5.41, 5.74) is -1.12. The summed E-state index contributed by atoms with van der Waals surface area (Å²) >= 11 is 0. The minimum Gasteiger partial charge on any atom is -0.549 e. The third kappa shape index (κ3) is 1.29. The highest BCUT2D eigenvalue weighted by Crippen LogP contribution is 2.58. The quantitative estimate of drug-likeness (QED) is 0.571. The van der Waals surface area contributed by atoms with Crippen molar-refractivity contribution in [3.05, 3.63) is 35.9 Å². The summed E-state index contributed by atoms with van der Waals surface area (Å²) in [6, 6.07) is 8.67. The molecule has 0 spiro atoms. The van der Waals surface area contributed by atoms with Crippen molar-refractivity contribution in [2.75, 3.05) is 0 Å². The monoisotopic (exact) mass is 204 g/mol. The minimum absolute atomic E-state index is 0.0572. The fraction of sp³-hybridized carbons (Fsp3) is 0.273. The summed E-state index contributed by atoms with van der Waals surface area (Å²) < 4.78 is 0.